The van der Waals surface area contributed by atoms with E-state index >= 15 is 0 Å². The average Bonchev–Trinajstić information content (AvgIpc) is 3.08. The van der Waals surface area contributed by atoms with Crippen LogP contribution < -0.4 is 10.6 Å². The summed E-state index contributed by atoms with van der Waals surface area (Å²) in [5, 5.41) is 6.76. The Balaban J connectivity index is 1.69. The number of aromatic amines is 1. The van der Waals surface area contributed by atoms with Gasteiger partial charge in [0.15, 0.2) is 0 Å². The second-order valence-corrected chi connectivity index (χ2v) is 7.26. The van der Waals surface area contributed by atoms with Gasteiger partial charge in [-0.25, -0.2) is 0 Å². The Kier molecular flexibility index (Phi) is 6.19. The Morgan fingerprint density at radius 1 is 1.11 bits per heavy atom. The third kappa shape index (κ3) is 4.92. The quantitative estimate of drug-likeness (QED) is 0.550. The second-order valence-electron chi connectivity index (χ2n) is 6.38. The third-order valence-electron chi connectivity index (χ3n) is 4.42. The van der Waals surface area contributed by atoms with Crippen LogP contribution in [0.5, 0.6) is 0 Å². The SMILES string of the molecule is CSc1ccc(CNC(=O)C(Cc2c[nH]c3ccccc23)NC(C)=O)cc1. The van der Waals surface area contributed by atoms with Crippen LogP contribution >= 0.6 is 11.8 Å². The van der Waals surface area contributed by atoms with Gasteiger partial charge in [-0.2, -0.15) is 0 Å². The number of benzene rings is 2. The number of nitrogens with one attached hydrogen (secondary N) is 3. The number of thioether (sulfide) groups is 1. The van der Waals surface area contributed by atoms with Gasteiger partial charge in [-0.3, -0.25) is 9.59 Å². The summed E-state index contributed by atoms with van der Waals surface area (Å²) in [6.07, 6.45) is 4.36. The predicted molar refractivity (Wildman–Crippen MR) is 110 cm³/mol. The molecule has 140 valence electrons. The topological polar surface area (TPSA) is 74.0 Å². The summed E-state index contributed by atoms with van der Waals surface area (Å²) >= 11 is 1.68. The third-order valence-corrected chi connectivity index (χ3v) is 5.16. The van der Waals surface area contributed by atoms with Crippen LogP contribution in [-0.2, 0) is 22.6 Å². The first-order valence-electron chi connectivity index (χ1n) is 8.79. The molecule has 0 spiro atoms. The van der Waals surface area contributed by atoms with Gasteiger partial charge in [0.2, 0.25) is 11.8 Å². The molecule has 1 atom stereocenters. The maximum Gasteiger partial charge on any atom is 0.243 e. The molecule has 1 unspecified atom stereocenters. The van der Waals surface area contributed by atoms with Crippen LogP contribution in [0.15, 0.2) is 59.6 Å². The highest BCUT2D eigenvalue weighted by molar-refractivity contribution is 7.98. The Labute approximate surface area is 162 Å². The Bertz CT molecular complexity index is 934. The van der Waals surface area contributed by atoms with E-state index in [0.29, 0.717) is 13.0 Å². The van der Waals surface area contributed by atoms with Crippen molar-refractivity contribution < 1.29 is 9.59 Å². The van der Waals surface area contributed by atoms with Gasteiger partial charge >= 0.3 is 0 Å². The molecule has 3 rings (SSSR count). The zero-order valence-electron chi connectivity index (χ0n) is 15.4. The van der Waals surface area contributed by atoms with Crippen LogP contribution in [0.2, 0.25) is 0 Å². The lowest BCUT2D eigenvalue weighted by Crippen LogP contribution is -2.47. The highest BCUT2D eigenvalue weighted by Gasteiger charge is 2.21. The van der Waals surface area contributed by atoms with Crippen LogP contribution in [0, 0.1) is 0 Å². The number of fused-ring (bicyclic) bond motifs is 1. The zero-order valence-corrected chi connectivity index (χ0v) is 16.2. The fraction of sp³-hybridized carbons (Fsp3) is 0.238. The van der Waals surface area contributed by atoms with Gasteiger partial charge in [0.1, 0.15) is 6.04 Å². The lowest BCUT2D eigenvalue weighted by atomic mass is 10.0. The summed E-state index contributed by atoms with van der Waals surface area (Å²) in [5.74, 6) is -0.413. The van der Waals surface area contributed by atoms with E-state index in [1.54, 1.807) is 11.8 Å². The average molecular weight is 382 g/mol. The molecule has 0 radical (unpaired) electrons. The van der Waals surface area contributed by atoms with Crippen molar-refractivity contribution >= 4 is 34.5 Å². The van der Waals surface area contributed by atoms with Crippen molar-refractivity contribution in [2.75, 3.05) is 6.26 Å². The molecule has 0 aliphatic carbocycles. The smallest absolute Gasteiger partial charge is 0.243 e. The number of rotatable bonds is 7. The summed E-state index contributed by atoms with van der Waals surface area (Å²) in [4.78, 5) is 28.7. The van der Waals surface area contributed by atoms with Gasteiger partial charge in [-0.1, -0.05) is 30.3 Å². The van der Waals surface area contributed by atoms with Gasteiger partial charge < -0.3 is 15.6 Å². The molecule has 2 amide bonds. The number of hydrogen-bond acceptors (Lipinski definition) is 3. The standard InChI is InChI=1S/C21H23N3O2S/c1-14(25)24-20(11-16-13-22-19-6-4-3-5-18(16)19)21(26)23-12-15-7-9-17(27-2)10-8-15/h3-10,13,20,22H,11-12H2,1-2H3,(H,23,26)(H,24,25). The van der Waals surface area contributed by atoms with Crippen LogP contribution in [0.1, 0.15) is 18.1 Å². The van der Waals surface area contributed by atoms with Crippen LogP contribution in [0.4, 0.5) is 0 Å². The number of H-pyrrole nitrogens is 1. The molecule has 6 heteroatoms. The summed E-state index contributed by atoms with van der Waals surface area (Å²) in [7, 11) is 0. The van der Waals surface area contributed by atoms with Crippen molar-refractivity contribution in [3.63, 3.8) is 0 Å². The van der Waals surface area contributed by atoms with Gasteiger partial charge in [0, 0.05) is 41.9 Å². The number of para-hydroxylation sites is 1. The fourth-order valence-electron chi connectivity index (χ4n) is 3.03. The van der Waals surface area contributed by atoms with Crippen LogP contribution in [-0.4, -0.2) is 29.1 Å². The van der Waals surface area contributed by atoms with Crippen molar-refractivity contribution in [1.82, 2.24) is 15.6 Å². The number of amides is 2. The Morgan fingerprint density at radius 3 is 2.56 bits per heavy atom. The first-order valence-corrected chi connectivity index (χ1v) is 10.0. The molecule has 3 aromatic rings. The molecule has 2 aromatic carbocycles. The van der Waals surface area contributed by atoms with E-state index in [1.807, 2.05) is 61.0 Å². The van der Waals surface area contributed by atoms with E-state index in [-0.39, 0.29) is 11.8 Å². The number of carbonyl (C=O) groups excluding carboxylic acids is 2. The molecule has 0 bridgehead atoms. The molecular formula is C21H23N3O2S. The first kappa shape index (κ1) is 19.0. The maximum atomic E-state index is 12.7. The predicted octanol–water partition coefficient (Wildman–Crippen LogP) is 3.25. The van der Waals surface area contributed by atoms with E-state index in [2.05, 4.69) is 15.6 Å². The van der Waals surface area contributed by atoms with E-state index in [4.69, 9.17) is 0 Å². The molecule has 1 aromatic heterocycles. The summed E-state index contributed by atoms with van der Waals surface area (Å²) in [6.45, 7) is 1.86. The van der Waals surface area contributed by atoms with Crippen LogP contribution in [0.25, 0.3) is 10.9 Å². The monoisotopic (exact) mass is 381 g/mol. The Hall–Kier alpha value is -2.73. The minimum absolute atomic E-state index is 0.190. The normalized spacial score (nSPS) is 11.9. The van der Waals surface area contributed by atoms with Crippen molar-refractivity contribution in [3.05, 3.63) is 65.9 Å². The summed E-state index contributed by atoms with van der Waals surface area (Å²) in [6, 6.07) is 15.4. The molecule has 0 saturated heterocycles. The summed E-state index contributed by atoms with van der Waals surface area (Å²) in [5.41, 5.74) is 3.04. The first-order chi connectivity index (χ1) is 13.1. The van der Waals surface area contributed by atoms with Crippen molar-refractivity contribution in [1.29, 1.82) is 0 Å². The highest BCUT2D eigenvalue weighted by atomic mass is 32.2. The van der Waals surface area contributed by atoms with Crippen molar-refractivity contribution in [2.24, 2.45) is 0 Å². The summed E-state index contributed by atoms with van der Waals surface area (Å²) < 4.78 is 0. The zero-order chi connectivity index (χ0) is 19.2. The van der Waals surface area contributed by atoms with Crippen molar-refractivity contribution in [2.45, 2.75) is 30.8 Å². The van der Waals surface area contributed by atoms with E-state index in [1.165, 1.54) is 11.8 Å². The lowest BCUT2D eigenvalue weighted by molar-refractivity contribution is -0.128. The van der Waals surface area contributed by atoms with E-state index in [9.17, 15) is 9.59 Å². The Morgan fingerprint density at radius 2 is 1.85 bits per heavy atom. The van der Waals surface area contributed by atoms with Gasteiger partial charge in [0.05, 0.1) is 0 Å². The van der Waals surface area contributed by atoms with Gasteiger partial charge in [-0.15, -0.1) is 11.8 Å². The molecule has 0 fully saturated rings. The highest BCUT2D eigenvalue weighted by Crippen LogP contribution is 2.19. The molecule has 0 aliphatic heterocycles. The minimum Gasteiger partial charge on any atom is -0.361 e. The number of hydrogen-bond donors (Lipinski definition) is 3. The van der Waals surface area contributed by atoms with Gasteiger partial charge in [-0.05, 0) is 35.6 Å². The molecular weight excluding hydrogens is 358 g/mol. The second kappa shape index (κ2) is 8.77. The lowest BCUT2D eigenvalue weighted by Gasteiger charge is -2.17. The maximum absolute atomic E-state index is 12.7. The van der Waals surface area contributed by atoms with E-state index in [0.717, 1.165) is 22.0 Å². The molecule has 0 aliphatic rings. The number of aromatic nitrogens is 1. The van der Waals surface area contributed by atoms with Crippen LogP contribution in [0.3, 0.4) is 0 Å². The fourth-order valence-corrected chi connectivity index (χ4v) is 3.44. The van der Waals surface area contributed by atoms with Gasteiger partial charge in [0.25, 0.3) is 0 Å². The molecule has 0 saturated carbocycles. The minimum atomic E-state index is -0.618. The molecule has 27 heavy (non-hydrogen) atoms. The molecule has 3 N–H and O–H groups in total. The molecule has 1 heterocycles. The van der Waals surface area contributed by atoms with Crippen molar-refractivity contribution in [3.8, 4) is 0 Å². The number of carbonyl (C=O) groups is 2. The van der Waals surface area contributed by atoms with E-state index < -0.39 is 6.04 Å². The molecule has 5 nitrogen and oxygen atoms in total. The largest absolute Gasteiger partial charge is 0.361 e.